The summed E-state index contributed by atoms with van der Waals surface area (Å²) in [5.74, 6) is 1.73. The number of fused-ring (bicyclic) bond motifs is 1. The van der Waals surface area contributed by atoms with E-state index in [1.807, 2.05) is 61.7 Å². The van der Waals surface area contributed by atoms with Gasteiger partial charge < -0.3 is 29.2 Å². The molecule has 1 aliphatic rings. The van der Waals surface area contributed by atoms with Crippen LogP contribution in [0.25, 0.3) is 28.0 Å². The maximum atomic E-state index is 14.9. The van der Waals surface area contributed by atoms with Gasteiger partial charge in [-0.3, -0.25) is 4.90 Å². The highest BCUT2D eigenvalue weighted by molar-refractivity contribution is 6.30. The molecule has 1 aliphatic heterocycles. The molecule has 1 saturated heterocycles. The van der Waals surface area contributed by atoms with Crippen molar-refractivity contribution in [1.29, 1.82) is 0 Å². The first-order valence-corrected chi connectivity index (χ1v) is 20.7. The number of anilines is 1. The van der Waals surface area contributed by atoms with Gasteiger partial charge in [0.05, 0.1) is 30.5 Å². The summed E-state index contributed by atoms with van der Waals surface area (Å²) < 4.78 is 39.8. The van der Waals surface area contributed by atoms with Crippen molar-refractivity contribution in [3.8, 4) is 34.0 Å². The van der Waals surface area contributed by atoms with E-state index in [0.717, 1.165) is 60.5 Å². The zero-order valence-electron chi connectivity index (χ0n) is 35.3. The Morgan fingerprint density at radius 1 is 0.968 bits per heavy atom. The van der Waals surface area contributed by atoms with Crippen LogP contribution in [0.4, 0.5) is 10.2 Å². The number of nitrogens with zero attached hydrogens (tertiary/aromatic N) is 7. The Labute approximate surface area is 365 Å². The molecule has 3 aromatic heterocycles. The Morgan fingerprint density at radius 2 is 1.74 bits per heavy atom. The highest BCUT2D eigenvalue weighted by Gasteiger charge is 2.25. The Kier molecular flexibility index (Phi) is 14.4. The summed E-state index contributed by atoms with van der Waals surface area (Å²) in [6, 6.07) is 20.6. The molecule has 322 valence electrons. The van der Waals surface area contributed by atoms with Gasteiger partial charge in [0, 0.05) is 63.5 Å². The number of esters is 1. The fourth-order valence-corrected chi connectivity index (χ4v) is 7.76. The largest absolute Gasteiger partial charge is 0.496 e. The molecule has 13 nitrogen and oxygen atoms in total. The van der Waals surface area contributed by atoms with Crippen LogP contribution in [-0.2, 0) is 33.7 Å². The normalized spacial score (nSPS) is 14.2. The van der Waals surface area contributed by atoms with Crippen LogP contribution >= 0.6 is 11.6 Å². The molecule has 0 bridgehead atoms. The molecule has 1 N–H and O–H groups in total. The zero-order chi connectivity index (χ0) is 43.6. The number of nitrogens with one attached hydrogen (secondary N) is 1. The predicted octanol–water partition coefficient (Wildman–Crippen LogP) is 7.53. The summed E-state index contributed by atoms with van der Waals surface area (Å²) >= 11 is 6.89. The molecule has 1 fully saturated rings. The minimum absolute atomic E-state index is 0.155. The van der Waals surface area contributed by atoms with Crippen LogP contribution in [0, 0.1) is 12.7 Å². The van der Waals surface area contributed by atoms with E-state index in [0.29, 0.717) is 57.3 Å². The molecule has 1 atom stereocenters. The summed E-state index contributed by atoms with van der Waals surface area (Å²) in [7, 11) is 5.07. The van der Waals surface area contributed by atoms with Gasteiger partial charge in [0.1, 0.15) is 54.2 Å². The number of likely N-dealkylation sites (N-methyl/N-ethyl adjacent to an activating group) is 1. The monoisotopic (exact) mass is 860 g/mol. The van der Waals surface area contributed by atoms with Crippen LogP contribution in [-0.4, -0.2) is 107 Å². The molecule has 0 spiro atoms. The number of ether oxygens (including phenoxy) is 4. The lowest BCUT2D eigenvalue weighted by Gasteiger charge is -2.32. The summed E-state index contributed by atoms with van der Waals surface area (Å²) in [5, 5.41) is 8.24. The number of hydrogen-bond donors (Lipinski definition) is 1. The van der Waals surface area contributed by atoms with E-state index >= 15 is 0 Å². The molecular weight excluding hydrogens is 811 g/mol. The third-order valence-electron chi connectivity index (χ3n) is 10.9. The van der Waals surface area contributed by atoms with Crippen molar-refractivity contribution in [3.05, 3.63) is 143 Å². The molecule has 0 amide bonds. The molecule has 0 saturated carbocycles. The van der Waals surface area contributed by atoms with Crippen LogP contribution in [0.15, 0.2) is 115 Å². The van der Waals surface area contributed by atoms with Crippen LogP contribution < -0.4 is 14.8 Å². The molecule has 15 heteroatoms. The number of para-hydroxylation sites is 2. The second-order valence-corrected chi connectivity index (χ2v) is 15.4. The van der Waals surface area contributed by atoms with E-state index < -0.39 is 17.8 Å². The summed E-state index contributed by atoms with van der Waals surface area (Å²) in [6.07, 6.45) is 6.96. The average Bonchev–Trinajstić information content (AvgIpc) is 3.63. The number of carbonyl (C=O) groups is 1. The maximum Gasteiger partial charge on any atom is 0.328 e. The second kappa shape index (κ2) is 20.5. The Balaban J connectivity index is 1.10. The standard InChI is InChI=1S/C47H50ClFN8O5/c1-6-41(61-24-23-56-21-19-55(3)20-22-56)39(48)26-33-25-34(49)15-16-36(33)38-28-57-44(31(38)2)46(51-30-52-57)54-40(47(58)60-5)27-32-11-7-9-13-42(32)62-29-35-17-18-50-45(53-35)37-12-8-10-14-43(37)59-4/h6-18,25,28,30,40H,1,19-24,26-27,29H2,2-5H3,(H,51,52,54)/b41-39-/t40-/m1/s1. The van der Waals surface area contributed by atoms with Gasteiger partial charge in [-0.25, -0.2) is 28.7 Å². The summed E-state index contributed by atoms with van der Waals surface area (Å²) in [5.41, 5.74) is 5.82. The number of hydrogen-bond acceptors (Lipinski definition) is 12. The van der Waals surface area contributed by atoms with Crippen molar-refractivity contribution >= 4 is 28.9 Å². The first-order valence-electron chi connectivity index (χ1n) is 20.3. The number of piperazine rings is 1. The van der Waals surface area contributed by atoms with Crippen molar-refractivity contribution in [2.75, 3.05) is 65.9 Å². The first kappa shape index (κ1) is 43.7. The average molecular weight is 861 g/mol. The van der Waals surface area contributed by atoms with Crippen LogP contribution in [0.1, 0.15) is 22.4 Å². The number of allylic oxidation sites excluding steroid dienone is 2. The van der Waals surface area contributed by atoms with Gasteiger partial charge in [-0.15, -0.1) is 0 Å². The molecular formula is C47H50ClFN8O5. The maximum absolute atomic E-state index is 14.9. The van der Waals surface area contributed by atoms with Crippen LogP contribution in [0.3, 0.4) is 0 Å². The highest BCUT2D eigenvalue weighted by atomic mass is 35.5. The SMILES string of the molecule is C=C/C(OCCN1CCN(C)CC1)=C(/Cl)Cc1cc(F)ccc1-c1cn2ncnc(N[C@H](Cc3ccccc3OCc3ccnc(-c4ccccc4OC)n3)C(=O)OC)c2c1C. The van der Waals surface area contributed by atoms with Crippen molar-refractivity contribution in [2.45, 2.75) is 32.4 Å². The van der Waals surface area contributed by atoms with Gasteiger partial charge in [-0.2, -0.15) is 5.10 Å². The number of rotatable bonds is 18. The lowest BCUT2D eigenvalue weighted by molar-refractivity contribution is -0.141. The molecule has 4 heterocycles. The fourth-order valence-electron chi connectivity index (χ4n) is 7.49. The topological polar surface area (TPSA) is 128 Å². The van der Waals surface area contributed by atoms with Crippen LogP contribution in [0.2, 0.25) is 0 Å². The van der Waals surface area contributed by atoms with E-state index in [-0.39, 0.29) is 19.4 Å². The van der Waals surface area contributed by atoms with Crippen molar-refractivity contribution in [2.24, 2.45) is 0 Å². The van der Waals surface area contributed by atoms with Gasteiger partial charge in [-0.05, 0) is 78.7 Å². The van der Waals surface area contributed by atoms with Gasteiger partial charge in [-0.1, -0.05) is 54.6 Å². The second-order valence-electron chi connectivity index (χ2n) is 14.9. The molecule has 7 rings (SSSR count). The molecule has 62 heavy (non-hydrogen) atoms. The minimum Gasteiger partial charge on any atom is -0.496 e. The number of carbonyl (C=O) groups excluding carboxylic acids is 1. The summed E-state index contributed by atoms with van der Waals surface area (Å²) in [4.78, 5) is 31.8. The zero-order valence-corrected chi connectivity index (χ0v) is 36.1. The highest BCUT2D eigenvalue weighted by Crippen LogP contribution is 2.35. The number of aryl methyl sites for hydroxylation is 1. The molecule has 0 unspecified atom stereocenters. The van der Waals surface area contributed by atoms with E-state index in [1.54, 1.807) is 36.0 Å². The Morgan fingerprint density at radius 3 is 2.52 bits per heavy atom. The number of benzene rings is 3. The number of aromatic nitrogens is 5. The third kappa shape index (κ3) is 10.4. The summed E-state index contributed by atoms with van der Waals surface area (Å²) in [6.45, 7) is 11.2. The Hall–Kier alpha value is -6.35. The molecule has 6 aromatic rings. The van der Waals surface area contributed by atoms with Crippen molar-refractivity contribution in [3.63, 3.8) is 0 Å². The Bertz CT molecular complexity index is 2560. The van der Waals surface area contributed by atoms with Gasteiger partial charge in [0.25, 0.3) is 0 Å². The van der Waals surface area contributed by atoms with E-state index in [9.17, 15) is 9.18 Å². The fraction of sp³-hybridized carbons (Fsp3) is 0.298. The van der Waals surface area contributed by atoms with E-state index in [2.05, 4.69) is 43.8 Å². The van der Waals surface area contributed by atoms with Crippen molar-refractivity contribution in [1.82, 2.24) is 34.4 Å². The van der Waals surface area contributed by atoms with Gasteiger partial charge in [0.2, 0.25) is 0 Å². The van der Waals surface area contributed by atoms with E-state index in [4.69, 9.17) is 35.5 Å². The number of methoxy groups -OCH3 is 2. The first-order chi connectivity index (χ1) is 30.1. The van der Waals surface area contributed by atoms with Gasteiger partial charge in [0.15, 0.2) is 11.6 Å². The van der Waals surface area contributed by atoms with Crippen molar-refractivity contribution < 1.29 is 28.1 Å². The van der Waals surface area contributed by atoms with E-state index in [1.165, 1.54) is 25.6 Å². The third-order valence-corrected chi connectivity index (χ3v) is 11.2. The molecule has 3 aromatic carbocycles. The van der Waals surface area contributed by atoms with Crippen LogP contribution in [0.5, 0.6) is 11.5 Å². The molecule has 0 radical (unpaired) electrons. The lowest BCUT2D eigenvalue weighted by atomic mass is 9.96. The lowest BCUT2D eigenvalue weighted by Crippen LogP contribution is -2.45. The predicted molar refractivity (Wildman–Crippen MR) is 238 cm³/mol. The molecule has 0 aliphatic carbocycles. The quantitative estimate of drug-likeness (QED) is 0.0522. The smallest absolute Gasteiger partial charge is 0.328 e. The minimum atomic E-state index is -0.865. The van der Waals surface area contributed by atoms with Gasteiger partial charge >= 0.3 is 5.97 Å². The number of halogens is 2.